The third kappa shape index (κ3) is 4.89. The summed E-state index contributed by atoms with van der Waals surface area (Å²) in [7, 11) is 0. The Hall–Kier alpha value is -2.70. The van der Waals surface area contributed by atoms with Crippen molar-refractivity contribution in [3.63, 3.8) is 0 Å². The Kier molecular flexibility index (Phi) is 6.45. The third-order valence-electron chi connectivity index (χ3n) is 5.44. The van der Waals surface area contributed by atoms with Crippen LogP contribution in [0.2, 0.25) is 5.02 Å². The molecule has 0 saturated carbocycles. The van der Waals surface area contributed by atoms with E-state index < -0.39 is 0 Å². The first kappa shape index (κ1) is 20.6. The zero-order valence-corrected chi connectivity index (χ0v) is 17.7. The van der Waals surface area contributed by atoms with Crippen LogP contribution < -0.4 is 5.32 Å². The van der Waals surface area contributed by atoms with Gasteiger partial charge in [-0.15, -0.1) is 0 Å². The van der Waals surface area contributed by atoms with E-state index in [1.165, 1.54) is 0 Å². The average molecular weight is 425 g/mol. The second-order valence-electron chi connectivity index (χ2n) is 7.60. The van der Waals surface area contributed by atoms with Crippen molar-refractivity contribution >= 4 is 23.2 Å². The molecule has 1 aliphatic heterocycles. The van der Waals surface area contributed by atoms with Crippen LogP contribution in [0.5, 0.6) is 0 Å². The van der Waals surface area contributed by atoms with Crippen molar-refractivity contribution in [1.82, 2.24) is 15.0 Å². The maximum absolute atomic E-state index is 12.9. The summed E-state index contributed by atoms with van der Waals surface area (Å²) in [6.45, 7) is 4.21. The quantitative estimate of drug-likeness (QED) is 0.615. The van der Waals surface area contributed by atoms with Gasteiger partial charge in [0.05, 0.1) is 12.5 Å². The van der Waals surface area contributed by atoms with Gasteiger partial charge in [-0.05, 0) is 49.6 Å². The van der Waals surface area contributed by atoms with E-state index >= 15 is 0 Å². The molecule has 0 bridgehead atoms. The molecule has 6 nitrogen and oxygen atoms in total. The highest BCUT2D eigenvalue weighted by Gasteiger charge is 2.27. The summed E-state index contributed by atoms with van der Waals surface area (Å²) in [4.78, 5) is 19.6. The van der Waals surface area contributed by atoms with Crippen LogP contribution in [0.25, 0.3) is 11.4 Å². The molecule has 1 aliphatic rings. The highest BCUT2D eigenvalue weighted by atomic mass is 35.5. The van der Waals surface area contributed by atoms with Gasteiger partial charge in [-0.25, -0.2) is 0 Å². The number of para-hydroxylation sites is 1. The lowest BCUT2D eigenvalue weighted by atomic mass is 9.96. The van der Waals surface area contributed by atoms with E-state index in [1.807, 2.05) is 42.5 Å². The Morgan fingerprint density at radius 3 is 2.97 bits per heavy atom. The fourth-order valence-electron chi connectivity index (χ4n) is 3.85. The predicted octanol–water partition coefficient (Wildman–Crippen LogP) is 4.80. The summed E-state index contributed by atoms with van der Waals surface area (Å²) >= 11 is 6.05. The average Bonchev–Trinajstić information content (AvgIpc) is 3.23. The Bertz CT molecular complexity index is 1020. The zero-order valence-electron chi connectivity index (χ0n) is 17.0. The number of aryl methyl sites for hydroxylation is 1. The number of carbonyl (C=O) groups excluding carboxylic acids is 1. The first-order chi connectivity index (χ1) is 14.6. The van der Waals surface area contributed by atoms with Gasteiger partial charge >= 0.3 is 0 Å². The first-order valence-electron chi connectivity index (χ1n) is 10.3. The minimum atomic E-state index is -0.0565. The highest BCUT2D eigenvalue weighted by Crippen LogP contribution is 2.24. The predicted molar refractivity (Wildman–Crippen MR) is 117 cm³/mol. The number of rotatable bonds is 6. The zero-order chi connectivity index (χ0) is 20.9. The maximum atomic E-state index is 12.9. The van der Waals surface area contributed by atoms with Gasteiger partial charge in [-0.1, -0.05) is 54.0 Å². The number of nitrogens with zero attached hydrogens (tertiary/aromatic N) is 3. The molecule has 1 amide bonds. The number of anilines is 1. The summed E-state index contributed by atoms with van der Waals surface area (Å²) in [5.74, 6) is 1.09. The van der Waals surface area contributed by atoms with Gasteiger partial charge in [-0.2, -0.15) is 4.98 Å². The molecule has 2 aromatic carbocycles. The Balaban J connectivity index is 1.38. The Morgan fingerprint density at radius 2 is 2.13 bits per heavy atom. The normalized spacial score (nSPS) is 17.1. The van der Waals surface area contributed by atoms with E-state index in [0.29, 0.717) is 29.8 Å². The van der Waals surface area contributed by atoms with Crippen molar-refractivity contribution in [1.29, 1.82) is 0 Å². The van der Waals surface area contributed by atoms with Gasteiger partial charge < -0.3 is 9.84 Å². The molecule has 1 saturated heterocycles. The smallest absolute Gasteiger partial charge is 0.241 e. The molecular weight excluding hydrogens is 400 g/mol. The van der Waals surface area contributed by atoms with Crippen molar-refractivity contribution in [2.45, 2.75) is 32.7 Å². The van der Waals surface area contributed by atoms with Crippen molar-refractivity contribution in [3.05, 3.63) is 65.0 Å². The number of likely N-dealkylation sites (tertiary alicyclic amines) is 1. The standard InChI is InChI=1S/C23H25ClN4O2/c1-2-16-7-3-4-11-20(16)25-23(29)18-9-6-12-28(14-18)15-21-26-22(27-30-21)17-8-5-10-19(24)13-17/h3-5,7-8,10-11,13,18H,2,6,9,12,14-15H2,1H3,(H,25,29). The van der Waals surface area contributed by atoms with Gasteiger partial charge in [0.15, 0.2) is 0 Å². The van der Waals surface area contributed by atoms with Crippen LogP contribution >= 0.6 is 11.6 Å². The third-order valence-corrected chi connectivity index (χ3v) is 5.68. The van der Waals surface area contributed by atoms with E-state index in [0.717, 1.165) is 42.6 Å². The fraction of sp³-hybridized carbons (Fsp3) is 0.348. The van der Waals surface area contributed by atoms with Crippen molar-refractivity contribution in [2.24, 2.45) is 5.92 Å². The molecule has 4 rings (SSSR count). The summed E-state index contributed by atoms with van der Waals surface area (Å²) in [5, 5.41) is 7.82. The molecule has 1 aromatic heterocycles. The lowest BCUT2D eigenvalue weighted by Crippen LogP contribution is -2.40. The molecule has 0 aliphatic carbocycles. The number of piperidine rings is 1. The van der Waals surface area contributed by atoms with Gasteiger partial charge in [0.2, 0.25) is 17.6 Å². The molecule has 156 valence electrons. The number of nitrogens with one attached hydrogen (secondary N) is 1. The number of benzene rings is 2. The van der Waals surface area contributed by atoms with E-state index in [1.54, 1.807) is 0 Å². The number of amides is 1. The number of carbonyl (C=O) groups is 1. The van der Waals surface area contributed by atoms with Crippen LogP contribution in [0.4, 0.5) is 5.69 Å². The molecule has 30 heavy (non-hydrogen) atoms. The molecule has 2 heterocycles. The fourth-order valence-corrected chi connectivity index (χ4v) is 4.04. The highest BCUT2D eigenvalue weighted by molar-refractivity contribution is 6.30. The van der Waals surface area contributed by atoms with Gasteiger partial charge in [0, 0.05) is 22.8 Å². The van der Waals surface area contributed by atoms with Crippen LogP contribution in [0.15, 0.2) is 53.1 Å². The SMILES string of the molecule is CCc1ccccc1NC(=O)C1CCCN(Cc2nc(-c3cccc(Cl)c3)no2)C1. The van der Waals surface area contributed by atoms with Crippen LogP contribution in [-0.2, 0) is 17.8 Å². The molecule has 0 spiro atoms. The lowest BCUT2D eigenvalue weighted by molar-refractivity contribution is -0.121. The number of halogens is 1. The minimum Gasteiger partial charge on any atom is -0.338 e. The summed E-state index contributed by atoms with van der Waals surface area (Å²) < 4.78 is 5.44. The Labute approximate surface area is 181 Å². The molecular formula is C23H25ClN4O2. The maximum Gasteiger partial charge on any atom is 0.241 e. The van der Waals surface area contributed by atoms with E-state index in [-0.39, 0.29) is 11.8 Å². The number of hydrogen-bond donors (Lipinski definition) is 1. The number of hydrogen-bond acceptors (Lipinski definition) is 5. The van der Waals surface area contributed by atoms with Crippen molar-refractivity contribution < 1.29 is 9.32 Å². The lowest BCUT2D eigenvalue weighted by Gasteiger charge is -2.31. The molecule has 1 unspecified atom stereocenters. The molecule has 1 fully saturated rings. The van der Waals surface area contributed by atoms with Crippen molar-refractivity contribution in [3.8, 4) is 11.4 Å². The largest absolute Gasteiger partial charge is 0.338 e. The topological polar surface area (TPSA) is 71.3 Å². The summed E-state index contributed by atoms with van der Waals surface area (Å²) in [5.41, 5.74) is 2.88. The molecule has 3 aromatic rings. The van der Waals surface area contributed by atoms with E-state index in [9.17, 15) is 4.79 Å². The summed E-state index contributed by atoms with van der Waals surface area (Å²) in [6.07, 6.45) is 2.73. The summed E-state index contributed by atoms with van der Waals surface area (Å²) in [6, 6.07) is 15.3. The van der Waals surface area contributed by atoms with Crippen LogP contribution in [0.1, 0.15) is 31.2 Å². The molecule has 1 atom stereocenters. The number of aromatic nitrogens is 2. The van der Waals surface area contributed by atoms with E-state index in [4.69, 9.17) is 16.1 Å². The van der Waals surface area contributed by atoms with Gasteiger partial charge in [0.25, 0.3) is 0 Å². The second-order valence-corrected chi connectivity index (χ2v) is 8.03. The Morgan fingerprint density at radius 1 is 1.27 bits per heavy atom. The first-order valence-corrected chi connectivity index (χ1v) is 10.7. The molecule has 1 N–H and O–H groups in total. The van der Waals surface area contributed by atoms with Crippen LogP contribution in [0.3, 0.4) is 0 Å². The monoisotopic (exact) mass is 424 g/mol. The second kappa shape index (κ2) is 9.41. The van der Waals surface area contributed by atoms with E-state index in [2.05, 4.69) is 33.3 Å². The van der Waals surface area contributed by atoms with Crippen LogP contribution in [0, 0.1) is 5.92 Å². The molecule has 0 radical (unpaired) electrons. The van der Waals surface area contributed by atoms with Gasteiger partial charge in [0.1, 0.15) is 0 Å². The van der Waals surface area contributed by atoms with Crippen molar-refractivity contribution in [2.75, 3.05) is 18.4 Å². The van der Waals surface area contributed by atoms with Gasteiger partial charge in [-0.3, -0.25) is 9.69 Å². The molecule has 7 heteroatoms. The minimum absolute atomic E-state index is 0.0565. The van der Waals surface area contributed by atoms with Crippen LogP contribution in [-0.4, -0.2) is 34.0 Å².